The Morgan fingerprint density at radius 2 is 2.00 bits per heavy atom. The Balaban J connectivity index is 2.04. The zero-order valence-electron chi connectivity index (χ0n) is 11.6. The second kappa shape index (κ2) is 7.04. The van der Waals surface area contributed by atoms with E-state index in [0.717, 1.165) is 5.39 Å². The zero-order chi connectivity index (χ0) is 15.2. The first-order chi connectivity index (χ1) is 10.1. The highest BCUT2D eigenvalue weighted by Gasteiger charge is 2.11. The van der Waals surface area contributed by atoms with Gasteiger partial charge in [0.1, 0.15) is 5.69 Å². The number of fused-ring (bicyclic) bond motifs is 1. The molecule has 110 valence electrons. The van der Waals surface area contributed by atoms with Crippen LogP contribution in [0.3, 0.4) is 0 Å². The van der Waals surface area contributed by atoms with Gasteiger partial charge in [-0.05, 0) is 19.1 Å². The molecule has 6 heteroatoms. The molecule has 21 heavy (non-hydrogen) atoms. The Hall–Kier alpha value is -2.14. The molecule has 5 nitrogen and oxygen atoms in total. The zero-order valence-corrected chi connectivity index (χ0v) is 12.4. The fraction of sp³-hybridized carbons (Fsp3) is 0.267. The van der Waals surface area contributed by atoms with E-state index in [1.807, 2.05) is 25.1 Å². The van der Waals surface area contributed by atoms with Crippen molar-refractivity contribution in [2.75, 3.05) is 13.1 Å². The van der Waals surface area contributed by atoms with Crippen LogP contribution in [0.25, 0.3) is 10.9 Å². The van der Waals surface area contributed by atoms with Gasteiger partial charge in [-0.1, -0.05) is 29.8 Å². The van der Waals surface area contributed by atoms with E-state index in [0.29, 0.717) is 17.1 Å². The molecule has 2 amide bonds. The first kappa shape index (κ1) is 15.3. The van der Waals surface area contributed by atoms with E-state index in [1.165, 1.54) is 6.07 Å². The topological polar surface area (TPSA) is 71.1 Å². The molecule has 0 aliphatic carbocycles. The van der Waals surface area contributed by atoms with Gasteiger partial charge in [0.25, 0.3) is 5.91 Å². The molecule has 0 saturated carbocycles. The molecular weight excluding hydrogens is 290 g/mol. The standard InChI is InChI=1S/C15H16ClN3O2/c1-2-17-14(20)7-8-18-15(21)13-9-11(16)10-5-3-4-6-12(10)19-13/h3-6,9H,2,7-8H2,1H3,(H,17,20)(H,18,21). The molecule has 0 atom stereocenters. The lowest BCUT2D eigenvalue weighted by Crippen LogP contribution is -2.31. The monoisotopic (exact) mass is 305 g/mol. The molecule has 0 unspecified atom stereocenters. The van der Waals surface area contributed by atoms with Gasteiger partial charge in [0.05, 0.1) is 10.5 Å². The third kappa shape index (κ3) is 3.92. The maximum absolute atomic E-state index is 12.0. The lowest BCUT2D eigenvalue weighted by Gasteiger charge is -2.07. The molecule has 0 spiro atoms. The minimum Gasteiger partial charge on any atom is -0.356 e. The van der Waals surface area contributed by atoms with Crippen molar-refractivity contribution < 1.29 is 9.59 Å². The van der Waals surface area contributed by atoms with Crippen molar-refractivity contribution >= 4 is 34.3 Å². The summed E-state index contributed by atoms with van der Waals surface area (Å²) in [7, 11) is 0. The number of benzene rings is 1. The van der Waals surface area contributed by atoms with E-state index in [1.54, 1.807) is 6.07 Å². The summed E-state index contributed by atoms with van der Waals surface area (Å²) in [5.41, 5.74) is 0.911. The van der Waals surface area contributed by atoms with Gasteiger partial charge in [-0.15, -0.1) is 0 Å². The molecule has 1 heterocycles. The van der Waals surface area contributed by atoms with Crippen molar-refractivity contribution in [1.82, 2.24) is 15.6 Å². The van der Waals surface area contributed by atoms with Gasteiger partial charge in [0, 0.05) is 24.9 Å². The number of hydrogen-bond donors (Lipinski definition) is 2. The van der Waals surface area contributed by atoms with Crippen LogP contribution in [0.5, 0.6) is 0 Å². The highest BCUT2D eigenvalue weighted by atomic mass is 35.5. The summed E-state index contributed by atoms with van der Waals surface area (Å²) in [6.45, 7) is 2.68. The largest absolute Gasteiger partial charge is 0.356 e. The second-order valence-electron chi connectivity index (χ2n) is 4.47. The predicted octanol–water partition coefficient (Wildman–Crippen LogP) is 2.14. The number of amides is 2. The number of halogens is 1. The number of hydrogen-bond acceptors (Lipinski definition) is 3. The Morgan fingerprint density at radius 3 is 2.76 bits per heavy atom. The summed E-state index contributed by atoms with van der Waals surface area (Å²) >= 11 is 6.15. The lowest BCUT2D eigenvalue weighted by molar-refractivity contribution is -0.120. The number of aromatic nitrogens is 1. The summed E-state index contributed by atoms with van der Waals surface area (Å²) < 4.78 is 0. The number of carbonyl (C=O) groups is 2. The quantitative estimate of drug-likeness (QED) is 0.889. The molecule has 1 aromatic heterocycles. The molecule has 2 aromatic rings. The van der Waals surface area contributed by atoms with Crippen molar-refractivity contribution in [3.8, 4) is 0 Å². The van der Waals surface area contributed by atoms with E-state index >= 15 is 0 Å². The van der Waals surface area contributed by atoms with Gasteiger partial charge in [-0.3, -0.25) is 9.59 Å². The van der Waals surface area contributed by atoms with E-state index < -0.39 is 0 Å². The van der Waals surface area contributed by atoms with E-state index in [4.69, 9.17) is 11.6 Å². The highest BCUT2D eigenvalue weighted by molar-refractivity contribution is 6.35. The Morgan fingerprint density at radius 1 is 1.24 bits per heavy atom. The average molecular weight is 306 g/mol. The van der Waals surface area contributed by atoms with Crippen LogP contribution in [0.15, 0.2) is 30.3 Å². The highest BCUT2D eigenvalue weighted by Crippen LogP contribution is 2.22. The first-order valence-corrected chi connectivity index (χ1v) is 7.09. The summed E-state index contributed by atoms with van der Waals surface area (Å²) in [5.74, 6) is -0.436. The summed E-state index contributed by atoms with van der Waals surface area (Å²) in [6, 6.07) is 8.88. The third-order valence-electron chi connectivity index (χ3n) is 2.91. The Labute approximate surface area is 127 Å². The molecule has 0 bridgehead atoms. The molecular formula is C15H16ClN3O2. The second-order valence-corrected chi connectivity index (χ2v) is 4.87. The first-order valence-electron chi connectivity index (χ1n) is 6.72. The minimum absolute atomic E-state index is 0.0951. The number of nitrogens with one attached hydrogen (secondary N) is 2. The average Bonchev–Trinajstić information content (AvgIpc) is 2.47. The Kier molecular flexibility index (Phi) is 5.11. The molecule has 2 rings (SSSR count). The number of para-hydroxylation sites is 1. The van der Waals surface area contributed by atoms with Crippen LogP contribution in [-0.2, 0) is 4.79 Å². The number of pyridine rings is 1. The van der Waals surface area contributed by atoms with Crippen molar-refractivity contribution in [3.63, 3.8) is 0 Å². The van der Waals surface area contributed by atoms with Gasteiger partial charge < -0.3 is 10.6 Å². The maximum atomic E-state index is 12.0. The van der Waals surface area contributed by atoms with Crippen LogP contribution < -0.4 is 10.6 Å². The summed E-state index contributed by atoms with van der Waals surface area (Å²) in [4.78, 5) is 27.6. The van der Waals surface area contributed by atoms with Crippen LogP contribution in [0.2, 0.25) is 5.02 Å². The molecule has 2 N–H and O–H groups in total. The Bertz CT molecular complexity index is 673. The van der Waals surface area contributed by atoms with Crippen molar-refractivity contribution in [1.29, 1.82) is 0 Å². The molecule has 0 fully saturated rings. The molecule has 0 saturated heterocycles. The molecule has 0 aliphatic heterocycles. The van der Waals surface area contributed by atoms with E-state index in [2.05, 4.69) is 15.6 Å². The summed E-state index contributed by atoms with van der Waals surface area (Å²) in [5, 5.41) is 6.61. The lowest BCUT2D eigenvalue weighted by atomic mass is 10.2. The SMILES string of the molecule is CCNC(=O)CCNC(=O)c1cc(Cl)c2ccccc2n1. The predicted molar refractivity (Wildman–Crippen MR) is 82.4 cm³/mol. The fourth-order valence-electron chi connectivity index (χ4n) is 1.91. The van der Waals surface area contributed by atoms with Gasteiger partial charge in [0.2, 0.25) is 5.91 Å². The van der Waals surface area contributed by atoms with Gasteiger partial charge >= 0.3 is 0 Å². The molecule has 0 radical (unpaired) electrons. The maximum Gasteiger partial charge on any atom is 0.269 e. The summed E-state index contributed by atoms with van der Waals surface area (Å²) in [6.07, 6.45) is 0.237. The molecule has 0 aliphatic rings. The number of rotatable bonds is 5. The van der Waals surface area contributed by atoms with Crippen LogP contribution in [-0.4, -0.2) is 29.9 Å². The fourth-order valence-corrected chi connectivity index (χ4v) is 2.18. The van der Waals surface area contributed by atoms with Gasteiger partial charge in [0.15, 0.2) is 0 Å². The van der Waals surface area contributed by atoms with Gasteiger partial charge in [-0.25, -0.2) is 4.98 Å². The third-order valence-corrected chi connectivity index (χ3v) is 3.22. The normalized spacial score (nSPS) is 10.4. The molecule has 1 aromatic carbocycles. The van der Waals surface area contributed by atoms with Crippen molar-refractivity contribution in [2.45, 2.75) is 13.3 Å². The smallest absolute Gasteiger partial charge is 0.269 e. The van der Waals surface area contributed by atoms with E-state index in [9.17, 15) is 9.59 Å². The van der Waals surface area contributed by atoms with Crippen LogP contribution in [0, 0.1) is 0 Å². The van der Waals surface area contributed by atoms with Crippen molar-refractivity contribution in [2.24, 2.45) is 0 Å². The van der Waals surface area contributed by atoms with Crippen molar-refractivity contribution in [3.05, 3.63) is 41.0 Å². The number of carbonyl (C=O) groups excluding carboxylic acids is 2. The van der Waals surface area contributed by atoms with E-state index in [-0.39, 0.29) is 30.5 Å². The minimum atomic E-state index is -0.341. The van der Waals surface area contributed by atoms with Gasteiger partial charge in [-0.2, -0.15) is 0 Å². The van der Waals surface area contributed by atoms with Crippen LogP contribution >= 0.6 is 11.6 Å². The number of nitrogens with zero attached hydrogens (tertiary/aromatic N) is 1. The van der Waals surface area contributed by atoms with Crippen LogP contribution in [0.4, 0.5) is 0 Å². The van der Waals surface area contributed by atoms with Crippen LogP contribution in [0.1, 0.15) is 23.8 Å².